The Bertz CT molecular complexity index is 918. The number of pyridine rings is 1. The molecule has 2 heterocycles. The number of phenols is 1. The van der Waals surface area contributed by atoms with E-state index in [-0.39, 0.29) is 23.7 Å². The van der Waals surface area contributed by atoms with Crippen LogP contribution in [0.5, 0.6) is 11.5 Å². The van der Waals surface area contributed by atoms with E-state index < -0.39 is 0 Å². The molecule has 2 aromatic heterocycles. The van der Waals surface area contributed by atoms with Gasteiger partial charge in [0, 0.05) is 17.1 Å². The molecular weight excluding hydrogens is 310 g/mol. The van der Waals surface area contributed by atoms with Gasteiger partial charge in [-0.1, -0.05) is 0 Å². The molecule has 0 saturated carbocycles. The molecule has 7 nitrogen and oxygen atoms in total. The van der Waals surface area contributed by atoms with Crippen LogP contribution in [0.15, 0.2) is 30.5 Å². The van der Waals surface area contributed by atoms with Crippen LogP contribution in [0.25, 0.3) is 11.0 Å². The van der Waals surface area contributed by atoms with E-state index >= 15 is 0 Å². The molecule has 124 valence electrons. The standard InChI is InChI=1S/C17H17N3O4/c1-10-13-7-11(9-18-17(13)20(19-10)5-6-21)16(23)14-8-12(24-2)3-4-15(14)22/h3-4,7-9,21-22H,5-6H2,1-2H3. The van der Waals surface area contributed by atoms with Gasteiger partial charge < -0.3 is 14.9 Å². The number of ether oxygens (including phenoxy) is 1. The summed E-state index contributed by atoms with van der Waals surface area (Å²) >= 11 is 0. The van der Waals surface area contributed by atoms with Gasteiger partial charge in [0.05, 0.1) is 31.5 Å². The molecule has 0 aliphatic rings. The third-order valence-corrected chi connectivity index (χ3v) is 3.79. The Hall–Kier alpha value is -2.93. The molecule has 0 unspecified atom stereocenters. The molecule has 2 N–H and O–H groups in total. The van der Waals surface area contributed by atoms with E-state index in [9.17, 15) is 9.90 Å². The number of aromatic nitrogens is 3. The van der Waals surface area contributed by atoms with Gasteiger partial charge in [0.1, 0.15) is 11.5 Å². The van der Waals surface area contributed by atoms with Crippen molar-refractivity contribution in [3.8, 4) is 11.5 Å². The van der Waals surface area contributed by atoms with Gasteiger partial charge in [-0.2, -0.15) is 5.10 Å². The van der Waals surface area contributed by atoms with Crippen LogP contribution in [0.3, 0.4) is 0 Å². The summed E-state index contributed by atoms with van der Waals surface area (Å²) in [6.07, 6.45) is 1.44. The molecule has 0 bridgehead atoms. The van der Waals surface area contributed by atoms with Crippen molar-refractivity contribution in [2.75, 3.05) is 13.7 Å². The number of aliphatic hydroxyl groups is 1. The van der Waals surface area contributed by atoms with Gasteiger partial charge in [-0.15, -0.1) is 0 Å². The van der Waals surface area contributed by atoms with Crippen LogP contribution in [-0.2, 0) is 6.54 Å². The van der Waals surface area contributed by atoms with Gasteiger partial charge in [-0.05, 0) is 31.2 Å². The topological polar surface area (TPSA) is 97.5 Å². The maximum absolute atomic E-state index is 12.7. The van der Waals surface area contributed by atoms with Crippen molar-refractivity contribution in [2.45, 2.75) is 13.5 Å². The zero-order chi connectivity index (χ0) is 17.3. The Morgan fingerprint density at radius 2 is 2.12 bits per heavy atom. The van der Waals surface area contributed by atoms with E-state index in [0.717, 1.165) is 11.1 Å². The van der Waals surface area contributed by atoms with Gasteiger partial charge in [-0.25, -0.2) is 9.67 Å². The zero-order valence-corrected chi connectivity index (χ0v) is 13.4. The minimum absolute atomic E-state index is 0.0454. The first-order chi connectivity index (χ1) is 11.5. The highest BCUT2D eigenvalue weighted by atomic mass is 16.5. The largest absolute Gasteiger partial charge is 0.507 e. The summed E-state index contributed by atoms with van der Waals surface area (Å²) in [6, 6.07) is 6.18. The number of hydrogen-bond donors (Lipinski definition) is 2. The number of aromatic hydroxyl groups is 1. The van der Waals surface area contributed by atoms with Crippen LogP contribution in [0.2, 0.25) is 0 Å². The first kappa shape index (κ1) is 15.9. The van der Waals surface area contributed by atoms with Gasteiger partial charge in [0.2, 0.25) is 0 Å². The molecule has 0 radical (unpaired) electrons. The SMILES string of the molecule is COc1ccc(O)c(C(=O)c2cnc3c(c2)c(C)nn3CCO)c1. The zero-order valence-electron chi connectivity index (χ0n) is 13.4. The van der Waals surface area contributed by atoms with E-state index in [1.54, 1.807) is 16.8 Å². The van der Waals surface area contributed by atoms with Crippen LogP contribution in [0, 0.1) is 6.92 Å². The van der Waals surface area contributed by atoms with E-state index in [4.69, 9.17) is 9.84 Å². The number of nitrogens with zero attached hydrogens (tertiary/aromatic N) is 3. The van der Waals surface area contributed by atoms with Crippen LogP contribution >= 0.6 is 0 Å². The molecule has 3 rings (SSSR count). The Morgan fingerprint density at radius 1 is 1.33 bits per heavy atom. The number of carbonyl (C=O) groups is 1. The second-order valence-electron chi connectivity index (χ2n) is 5.34. The van der Waals surface area contributed by atoms with E-state index in [1.807, 2.05) is 6.92 Å². The molecule has 0 amide bonds. The summed E-state index contributed by atoms with van der Waals surface area (Å²) in [6.45, 7) is 2.10. The quantitative estimate of drug-likeness (QED) is 0.692. The summed E-state index contributed by atoms with van der Waals surface area (Å²) in [5.74, 6) is 0.0147. The lowest BCUT2D eigenvalue weighted by atomic mass is 10.0. The van der Waals surface area contributed by atoms with E-state index in [2.05, 4.69) is 10.1 Å². The molecule has 7 heteroatoms. The van der Waals surface area contributed by atoms with Crippen molar-refractivity contribution in [2.24, 2.45) is 0 Å². The fourth-order valence-electron chi connectivity index (χ4n) is 2.57. The molecule has 0 saturated heterocycles. The third-order valence-electron chi connectivity index (χ3n) is 3.79. The normalized spacial score (nSPS) is 11.0. The molecule has 3 aromatic rings. The molecule has 0 fully saturated rings. The lowest BCUT2D eigenvalue weighted by molar-refractivity contribution is 0.103. The second kappa shape index (κ2) is 6.29. The second-order valence-corrected chi connectivity index (χ2v) is 5.34. The Kier molecular flexibility index (Phi) is 4.18. The number of methoxy groups -OCH3 is 1. The fraction of sp³-hybridized carbons (Fsp3) is 0.235. The summed E-state index contributed by atoms with van der Waals surface area (Å²) in [4.78, 5) is 17.0. The highest BCUT2D eigenvalue weighted by molar-refractivity contribution is 6.11. The average Bonchev–Trinajstić information content (AvgIpc) is 2.90. The van der Waals surface area contributed by atoms with Crippen LogP contribution in [0.1, 0.15) is 21.6 Å². The van der Waals surface area contributed by atoms with Crippen molar-refractivity contribution in [3.05, 3.63) is 47.3 Å². The number of carbonyl (C=O) groups excluding carboxylic acids is 1. The van der Waals surface area contributed by atoms with Crippen LogP contribution in [0.4, 0.5) is 0 Å². The summed E-state index contributed by atoms with van der Waals surface area (Å²) < 4.78 is 6.70. The number of aryl methyl sites for hydroxylation is 1. The van der Waals surface area contributed by atoms with Crippen molar-refractivity contribution in [1.82, 2.24) is 14.8 Å². The van der Waals surface area contributed by atoms with Crippen molar-refractivity contribution in [1.29, 1.82) is 0 Å². The summed E-state index contributed by atoms with van der Waals surface area (Å²) in [7, 11) is 1.49. The van der Waals surface area contributed by atoms with Crippen molar-refractivity contribution >= 4 is 16.8 Å². The van der Waals surface area contributed by atoms with Gasteiger partial charge >= 0.3 is 0 Å². The number of fused-ring (bicyclic) bond motifs is 1. The number of aliphatic hydroxyl groups excluding tert-OH is 1. The molecule has 0 aliphatic heterocycles. The first-order valence-corrected chi connectivity index (χ1v) is 7.41. The first-order valence-electron chi connectivity index (χ1n) is 7.41. The van der Waals surface area contributed by atoms with Crippen LogP contribution < -0.4 is 4.74 Å². The van der Waals surface area contributed by atoms with Gasteiger partial charge in [0.15, 0.2) is 11.4 Å². The van der Waals surface area contributed by atoms with E-state index in [0.29, 0.717) is 23.5 Å². The Balaban J connectivity index is 2.06. The van der Waals surface area contributed by atoms with Crippen molar-refractivity contribution in [3.63, 3.8) is 0 Å². The molecule has 24 heavy (non-hydrogen) atoms. The lowest BCUT2D eigenvalue weighted by Crippen LogP contribution is -2.06. The maximum atomic E-state index is 12.7. The van der Waals surface area contributed by atoms with E-state index in [1.165, 1.54) is 25.4 Å². The Morgan fingerprint density at radius 3 is 2.83 bits per heavy atom. The number of ketones is 1. The number of hydrogen-bond acceptors (Lipinski definition) is 6. The third kappa shape index (κ3) is 2.69. The molecule has 1 aromatic carbocycles. The molecular formula is C17H17N3O4. The highest BCUT2D eigenvalue weighted by Gasteiger charge is 2.17. The maximum Gasteiger partial charge on any atom is 0.198 e. The Labute approximate surface area is 138 Å². The molecule has 0 aliphatic carbocycles. The van der Waals surface area contributed by atoms with Crippen LogP contribution in [-0.4, -0.2) is 44.5 Å². The van der Waals surface area contributed by atoms with Crippen molar-refractivity contribution < 1.29 is 19.7 Å². The smallest absolute Gasteiger partial charge is 0.198 e. The lowest BCUT2D eigenvalue weighted by Gasteiger charge is -2.07. The van der Waals surface area contributed by atoms with Gasteiger partial charge in [0.25, 0.3) is 0 Å². The molecule has 0 atom stereocenters. The predicted octanol–water partition coefficient (Wildman–Crippen LogP) is 1.68. The number of phenolic OH excluding ortho intramolecular Hbond substituents is 1. The average molecular weight is 327 g/mol. The minimum Gasteiger partial charge on any atom is -0.507 e. The molecule has 0 spiro atoms. The fourth-order valence-corrected chi connectivity index (χ4v) is 2.57. The number of benzene rings is 1. The highest BCUT2D eigenvalue weighted by Crippen LogP contribution is 2.26. The predicted molar refractivity (Wildman–Crippen MR) is 87.4 cm³/mol. The summed E-state index contributed by atoms with van der Waals surface area (Å²) in [5.41, 5.74) is 1.82. The van der Waals surface area contributed by atoms with Gasteiger partial charge in [-0.3, -0.25) is 4.79 Å². The minimum atomic E-state index is -0.352. The summed E-state index contributed by atoms with van der Waals surface area (Å²) in [5, 5.41) is 24.1. The number of rotatable bonds is 5. The monoisotopic (exact) mass is 327 g/mol.